The SMILES string of the molecule is CN(CCCC(=O)Nc1ccc(Cl)cc1N)CC(N)=O. The van der Waals surface area contributed by atoms with Gasteiger partial charge in [0.05, 0.1) is 17.9 Å². The summed E-state index contributed by atoms with van der Waals surface area (Å²) in [7, 11) is 1.78. The van der Waals surface area contributed by atoms with Crippen molar-refractivity contribution >= 4 is 34.8 Å². The van der Waals surface area contributed by atoms with Gasteiger partial charge in [-0.15, -0.1) is 0 Å². The molecule has 0 unspecified atom stereocenters. The van der Waals surface area contributed by atoms with Crippen molar-refractivity contribution in [1.29, 1.82) is 0 Å². The Morgan fingerprint density at radius 1 is 1.40 bits per heavy atom. The Hall–Kier alpha value is -1.79. The van der Waals surface area contributed by atoms with Gasteiger partial charge in [-0.05, 0) is 38.2 Å². The first-order valence-electron chi connectivity index (χ1n) is 6.20. The molecule has 0 aromatic heterocycles. The first-order chi connectivity index (χ1) is 9.38. The van der Waals surface area contributed by atoms with Crippen LogP contribution in [-0.4, -0.2) is 36.9 Å². The molecule has 0 saturated carbocycles. The molecular weight excluding hydrogens is 280 g/mol. The Balaban J connectivity index is 2.35. The highest BCUT2D eigenvalue weighted by atomic mass is 35.5. The average Bonchev–Trinajstić information content (AvgIpc) is 2.31. The van der Waals surface area contributed by atoms with Gasteiger partial charge >= 0.3 is 0 Å². The molecule has 0 aliphatic heterocycles. The van der Waals surface area contributed by atoms with Crippen LogP contribution in [0.25, 0.3) is 0 Å². The molecule has 0 heterocycles. The lowest BCUT2D eigenvalue weighted by Gasteiger charge is -2.14. The predicted molar refractivity (Wildman–Crippen MR) is 80.4 cm³/mol. The number of nitrogens with one attached hydrogen (secondary N) is 1. The van der Waals surface area contributed by atoms with Crippen molar-refractivity contribution in [1.82, 2.24) is 4.90 Å². The Kier molecular flexibility index (Phi) is 6.27. The summed E-state index contributed by atoms with van der Waals surface area (Å²) < 4.78 is 0. The number of hydrogen-bond acceptors (Lipinski definition) is 4. The van der Waals surface area contributed by atoms with Crippen molar-refractivity contribution < 1.29 is 9.59 Å². The summed E-state index contributed by atoms with van der Waals surface area (Å²) in [4.78, 5) is 24.2. The smallest absolute Gasteiger partial charge is 0.231 e. The second kappa shape index (κ2) is 7.72. The number of halogens is 1. The van der Waals surface area contributed by atoms with Crippen LogP contribution in [0.4, 0.5) is 11.4 Å². The van der Waals surface area contributed by atoms with Crippen LogP contribution < -0.4 is 16.8 Å². The second-order valence-electron chi connectivity index (χ2n) is 4.59. The van der Waals surface area contributed by atoms with E-state index in [1.54, 1.807) is 30.1 Å². The third kappa shape index (κ3) is 5.90. The minimum atomic E-state index is -0.383. The van der Waals surface area contributed by atoms with Crippen molar-refractivity contribution in [2.24, 2.45) is 5.73 Å². The Labute approximate surface area is 123 Å². The summed E-state index contributed by atoms with van der Waals surface area (Å²) in [6, 6.07) is 4.90. The number of nitrogen functional groups attached to an aromatic ring is 1. The van der Waals surface area contributed by atoms with Gasteiger partial charge < -0.3 is 16.8 Å². The molecule has 20 heavy (non-hydrogen) atoms. The molecule has 6 nitrogen and oxygen atoms in total. The molecule has 1 aromatic rings. The first-order valence-corrected chi connectivity index (χ1v) is 6.58. The molecule has 1 rings (SSSR count). The molecule has 0 aliphatic rings. The maximum atomic E-state index is 11.7. The second-order valence-corrected chi connectivity index (χ2v) is 5.02. The molecule has 0 atom stereocenters. The van der Waals surface area contributed by atoms with Gasteiger partial charge in [-0.3, -0.25) is 14.5 Å². The highest BCUT2D eigenvalue weighted by molar-refractivity contribution is 6.31. The van der Waals surface area contributed by atoms with E-state index in [1.807, 2.05) is 0 Å². The zero-order valence-corrected chi connectivity index (χ0v) is 12.1. The Morgan fingerprint density at radius 3 is 2.70 bits per heavy atom. The van der Waals surface area contributed by atoms with E-state index in [2.05, 4.69) is 5.32 Å². The van der Waals surface area contributed by atoms with E-state index in [1.165, 1.54) is 0 Å². The highest BCUT2D eigenvalue weighted by Crippen LogP contribution is 2.22. The van der Waals surface area contributed by atoms with Crippen LogP contribution in [0.3, 0.4) is 0 Å². The van der Waals surface area contributed by atoms with Crippen LogP contribution in [0.2, 0.25) is 5.02 Å². The summed E-state index contributed by atoms with van der Waals surface area (Å²) in [5, 5.41) is 3.24. The van der Waals surface area contributed by atoms with Crippen LogP contribution in [0.15, 0.2) is 18.2 Å². The number of primary amides is 1. The Morgan fingerprint density at radius 2 is 2.10 bits per heavy atom. The number of benzene rings is 1. The molecule has 0 bridgehead atoms. The fourth-order valence-electron chi connectivity index (χ4n) is 1.71. The largest absolute Gasteiger partial charge is 0.397 e. The van der Waals surface area contributed by atoms with Gasteiger partial charge in [0.2, 0.25) is 11.8 Å². The molecule has 0 spiro atoms. The van der Waals surface area contributed by atoms with E-state index in [9.17, 15) is 9.59 Å². The summed E-state index contributed by atoms with van der Waals surface area (Å²) in [6.07, 6.45) is 0.967. The molecule has 0 radical (unpaired) electrons. The third-order valence-corrected chi connectivity index (χ3v) is 2.89. The molecule has 0 aliphatic carbocycles. The number of nitrogens with zero attached hydrogens (tertiary/aromatic N) is 1. The van der Waals surface area contributed by atoms with Gasteiger partial charge in [0.1, 0.15) is 0 Å². The fraction of sp³-hybridized carbons (Fsp3) is 0.385. The van der Waals surface area contributed by atoms with Crippen LogP contribution in [0.1, 0.15) is 12.8 Å². The van der Waals surface area contributed by atoms with E-state index in [0.717, 1.165) is 0 Å². The van der Waals surface area contributed by atoms with E-state index < -0.39 is 0 Å². The number of anilines is 2. The molecule has 1 aromatic carbocycles. The first kappa shape index (κ1) is 16.3. The van der Waals surface area contributed by atoms with Gasteiger partial charge in [0.25, 0.3) is 0 Å². The number of likely N-dealkylation sites (N-methyl/N-ethyl adjacent to an activating group) is 1. The molecule has 5 N–H and O–H groups in total. The van der Waals surface area contributed by atoms with Gasteiger partial charge in [-0.2, -0.15) is 0 Å². The standard InChI is InChI=1S/C13H19ClN4O2/c1-18(8-12(16)19)6-2-3-13(20)17-11-5-4-9(14)7-10(11)15/h4-5,7H,2-3,6,8,15H2,1H3,(H2,16,19)(H,17,20). The minimum Gasteiger partial charge on any atom is -0.397 e. The van der Waals surface area contributed by atoms with Crippen molar-refractivity contribution in [3.63, 3.8) is 0 Å². The number of carbonyl (C=O) groups excluding carboxylic acids is 2. The summed E-state index contributed by atoms with van der Waals surface area (Å²) >= 11 is 5.78. The summed E-state index contributed by atoms with van der Waals surface area (Å²) in [5.74, 6) is -0.516. The normalized spacial score (nSPS) is 10.6. The zero-order chi connectivity index (χ0) is 15.1. The molecule has 7 heteroatoms. The van der Waals surface area contributed by atoms with Gasteiger partial charge in [-0.25, -0.2) is 0 Å². The fourth-order valence-corrected chi connectivity index (χ4v) is 1.90. The lowest BCUT2D eigenvalue weighted by atomic mass is 10.2. The quantitative estimate of drug-likeness (QED) is 0.655. The summed E-state index contributed by atoms with van der Waals surface area (Å²) in [5.41, 5.74) is 11.8. The van der Waals surface area contributed by atoms with Crippen molar-refractivity contribution in [2.45, 2.75) is 12.8 Å². The molecule has 2 amide bonds. The van der Waals surface area contributed by atoms with Crippen LogP contribution in [0.5, 0.6) is 0 Å². The number of amides is 2. The number of hydrogen-bond donors (Lipinski definition) is 3. The Bertz CT molecular complexity index is 493. The molecular formula is C13H19ClN4O2. The van der Waals surface area contributed by atoms with E-state index in [0.29, 0.717) is 35.8 Å². The van der Waals surface area contributed by atoms with Gasteiger partial charge in [0.15, 0.2) is 0 Å². The highest BCUT2D eigenvalue weighted by Gasteiger charge is 2.07. The maximum absolute atomic E-state index is 11.7. The third-order valence-electron chi connectivity index (χ3n) is 2.66. The van der Waals surface area contributed by atoms with Gasteiger partial charge in [0, 0.05) is 11.4 Å². The topological polar surface area (TPSA) is 101 Å². The lowest BCUT2D eigenvalue weighted by Crippen LogP contribution is -2.31. The van der Waals surface area contributed by atoms with E-state index >= 15 is 0 Å². The maximum Gasteiger partial charge on any atom is 0.231 e. The molecule has 0 saturated heterocycles. The molecule has 110 valence electrons. The van der Waals surface area contributed by atoms with Crippen molar-refractivity contribution in [2.75, 3.05) is 31.2 Å². The predicted octanol–water partition coefficient (Wildman–Crippen LogP) is 1.06. The van der Waals surface area contributed by atoms with E-state index in [-0.39, 0.29) is 18.4 Å². The number of nitrogens with two attached hydrogens (primary N) is 2. The minimum absolute atomic E-state index is 0.133. The van der Waals surface area contributed by atoms with Crippen LogP contribution in [-0.2, 0) is 9.59 Å². The zero-order valence-electron chi connectivity index (χ0n) is 11.4. The van der Waals surface area contributed by atoms with Crippen molar-refractivity contribution in [3.8, 4) is 0 Å². The van der Waals surface area contributed by atoms with Gasteiger partial charge in [-0.1, -0.05) is 11.6 Å². The van der Waals surface area contributed by atoms with Crippen LogP contribution >= 0.6 is 11.6 Å². The summed E-state index contributed by atoms with van der Waals surface area (Å²) in [6.45, 7) is 0.804. The number of rotatable bonds is 7. The van der Waals surface area contributed by atoms with E-state index in [4.69, 9.17) is 23.1 Å². The number of carbonyl (C=O) groups is 2. The molecule has 0 fully saturated rings. The lowest BCUT2D eigenvalue weighted by molar-refractivity contribution is -0.118. The van der Waals surface area contributed by atoms with Crippen LogP contribution in [0, 0.1) is 0 Å². The average molecular weight is 299 g/mol. The monoisotopic (exact) mass is 298 g/mol. The van der Waals surface area contributed by atoms with Crippen molar-refractivity contribution in [3.05, 3.63) is 23.2 Å².